The number of hydrogen-bond donors (Lipinski definition) is 2. The molecule has 0 atom stereocenters. The van der Waals surface area contributed by atoms with Crippen LogP contribution in [0.15, 0.2) is 51.4 Å². The van der Waals surface area contributed by atoms with Crippen LogP contribution in [0.4, 0.5) is 0 Å². The third kappa shape index (κ3) is 5.13. The van der Waals surface area contributed by atoms with E-state index < -0.39 is 0 Å². The first-order valence-electron chi connectivity index (χ1n) is 6.04. The van der Waals surface area contributed by atoms with Crippen LogP contribution in [-0.2, 0) is 4.79 Å². The fraction of sp³-hybridized carbons (Fsp3) is 0.0714. The van der Waals surface area contributed by atoms with Crippen LogP contribution >= 0.6 is 27.3 Å². The Labute approximate surface area is 134 Å². The van der Waals surface area contributed by atoms with E-state index in [1.807, 2.05) is 24.3 Å². The van der Waals surface area contributed by atoms with Crippen molar-refractivity contribution < 1.29 is 9.59 Å². The lowest BCUT2D eigenvalue weighted by molar-refractivity contribution is -0.120. The van der Waals surface area contributed by atoms with Crippen molar-refractivity contribution in [2.24, 2.45) is 5.10 Å². The lowest BCUT2D eigenvalue weighted by Crippen LogP contribution is -2.34. The van der Waals surface area contributed by atoms with Crippen LogP contribution in [0.1, 0.15) is 15.2 Å². The minimum absolute atomic E-state index is 0.118. The average Bonchev–Trinajstić information content (AvgIpc) is 2.99. The van der Waals surface area contributed by atoms with Crippen LogP contribution in [0.3, 0.4) is 0 Å². The Balaban J connectivity index is 1.76. The summed E-state index contributed by atoms with van der Waals surface area (Å²) in [6.45, 7) is -0.118. The number of hydrazone groups is 1. The fourth-order valence-corrected chi connectivity index (χ4v) is 2.52. The number of halogens is 1. The molecule has 0 aliphatic carbocycles. The molecule has 21 heavy (non-hydrogen) atoms. The lowest BCUT2D eigenvalue weighted by atomic mass is 10.2. The van der Waals surface area contributed by atoms with Gasteiger partial charge in [0.25, 0.3) is 11.8 Å². The summed E-state index contributed by atoms with van der Waals surface area (Å²) in [6.07, 6.45) is 1.53. The molecule has 2 N–H and O–H groups in total. The number of nitrogens with one attached hydrogen (secondary N) is 2. The van der Waals surface area contributed by atoms with Gasteiger partial charge in [0.15, 0.2) is 0 Å². The van der Waals surface area contributed by atoms with Crippen molar-refractivity contribution in [2.45, 2.75) is 0 Å². The Morgan fingerprint density at radius 1 is 1.29 bits per heavy atom. The molecule has 0 aliphatic heterocycles. The second-order valence-electron chi connectivity index (χ2n) is 4.01. The predicted octanol–water partition coefficient (Wildman–Crippen LogP) is 2.39. The number of carbonyl (C=O) groups is 2. The topological polar surface area (TPSA) is 70.6 Å². The Kier molecular flexibility index (Phi) is 5.65. The van der Waals surface area contributed by atoms with Crippen LogP contribution in [0.2, 0.25) is 0 Å². The van der Waals surface area contributed by atoms with Crippen molar-refractivity contribution in [2.75, 3.05) is 6.54 Å². The van der Waals surface area contributed by atoms with Gasteiger partial charge in [0, 0.05) is 4.47 Å². The maximum atomic E-state index is 11.6. The maximum Gasteiger partial charge on any atom is 0.261 e. The molecule has 0 radical (unpaired) electrons. The minimum Gasteiger partial charge on any atom is -0.342 e. The standard InChI is InChI=1S/C14H12BrN3O2S/c15-11-4-1-3-10(7-11)8-17-18-13(19)9-16-14(20)12-5-2-6-21-12/h1-8H,9H2,(H,16,20)(H,18,19). The molecule has 0 saturated carbocycles. The summed E-state index contributed by atoms with van der Waals surface area (Å²) >= 11 is 4.67. The molecular weight excluding hydrogens is 354 g/mol. The van der Waals surface area contributed by atoms with E-state index in [-0.39, 0.29) is 18.4 Å². The van der Waals surface area contributed by atoms with E-state index in [0.29, 0.717) is 4.88 Å². The van der Waals surface area contributed by atoms with Crippen molar-refractivity contribution in [1.29, 1.82) is 0 Å². The number of hydrogen-bond acceptors (Lipinski definition) is 4. The van der Waals surface area contributed by atoms with Gasteiger partial charge in [-0.15, -0.1) is 11.3 Å². The van der Waals surface area contributed by atoms with E-state index in [9.17, 15) is 9.59 Å². The Bertz CT molecular complexity index is 656. The highest BCUT2D eigenvalue weighted by Crippen LogP contribution is 2.09. The van der Waals surface area contributed by atoms with Gasteiger partial charge in [0.1, 0.15) is 0 Å². The summed E-state index contributed by atoms with van der Waals surface area (Å²) in [4.78, 5) is 23.7. The van der Waals surface area contributed by atoms with Crippen molar-refractivity contribution in [3.05, 3.63) is 56.7 Å². The molecular formula is C14H12BrN3O2S. The summed E-state index contributed by atoms with van der Waals surface area (Å²) in [5.74, 6) is -0.651. The lowest BCUT2D eigenvalue weighted by Gasteiger charge is -2.02. The van der Waals surface area contributed by atoms with Crippen molar-refractivity contribution in [3.8, 4) is 0 Å². The summed E-state index contributed by atoms with van der Waals surface area (Å²) < 4.78 is 0.931. The van der Waals surface area contributed by atoms with Gasteiger partial charge in [0.2, 0.25) is 0 Å². The van der Waals surface area contributed by atoms with Crippen LogP contribution in [0.5, 0.6) is 0 Å². The Hall–Kier alpha value is -1.99. The zero-order chi connectivity index (χ0) is 15.1. The van der Waals surface area contributed by atoms with Crippen LogP contribution in [0.25, 0.3) is 0 Å². The number of carbonyl (C=O) groups excluding carboxylic acids is 2. The van der Waals surface area contributed by atoms with Gasteiger partial charge in [0.05, 0.1) is 17.6 Å². The van der Waals surface area contributed by atoms with Gasteiger partial charge < -0.3 is 5.32 Å². The van der Waals surface area contributed by atoms with E-state index in [4.69, 9.17) is 0 Å². The number of thiophene rings is 1. The van der Waals surface area contributed by atoms with Gasteiger partial charge in [-0.05, 0) is 29.1 Å². The van der Waals surface area contributed by atoms with E-state index in [1.54, 1.807) is 17.5 Å². The molecule has 0 spiro atoms. The van der Waals surface area contributed by atoms with Crippen molar-refractivity contribution in [3.63, 3.8) is 0 Å². The molecule has 2 rings (SSSR count). The maximum absolute atomic E-state index is 11.6. The van der Waals surface area contributed by atoms with Crippen molar-refractivity contribution >= 4 is 45.3 Å². The monoisotopic (exact) mass is 365 g/mol. The highest BCUT2D eigenvalue weighted by atomic mass is 79.9. The second kappa shape index (κ2) is 7.70. The number of rotatable bonds is 5. The first kappa shape index (κ1) is 15.4. The molecule has 0 unspecified atom stereocenters. The van der Waals surface area contributed by atoms with E-state index in [2.05, 4.69) is 31.8 Å². The molecule has 1 heterocycles. The average molecular weight is 366 g/mol. The zero-order valence-electron chi connectivity index (χ0n) is 10.9. The molecule has 0 aliphatic rings. The predicted molar refractivity (Wildman–Crippen MR) is 86.5 cm³/mol. The minimum atomic E-state index is -0.383. The summed E-state index contributed by atoms with van der Waals surface area (Å²) in [5, 5.41) is 8.15. The number of amides is 2. The molecule has 2 amide bonds. The third-order valence-corrected chi connectivity index (χ3v) is 3.77. The molecule has 0 fully saturated rings. The summed E-state index contributed by atoms with van der Waals surface area (Å²) in [6, 6.07) is 11.0. The zero-order valence-corrected chi connectivity index (χ0v) is 13.3. The molecule has 108 valence electrons. The Morgan fingerprint density at radius 3 is 2.86 bits per heavy atom. The summed E-state index contributed by atoms with van der Waals surface area (Å²) in [7, 11) is 0. The van der Waals surface area contributed by atoms with Crippen molar-refractivity contribution in [1.82, 2.24) is 10.7 Å². The first-order chi connectivity index (χ1) is 10.1. The molecule has 2 aromatic rings. The molecule has 7 heteroatoms. The van der Waals surface area contributed by atoms with E-state index in [0.717, 1.165) is 10.0 Å². The molecule has 5 nitrogen and oxygen atoms in total. The third-order valence-electron chi connectivity index (χ3n) is 2.41. The Morgan fingerprint density at radius 2 is 2.14 bits per heavy atom. The van der Waals surface area contributed by atoms with Gasteiger partial charge in [-0.1, -0.05) is 34.1 Å². The van der Waals surface area contributed by atoms with Crippen LogP contribution in [0, 0.1) is 0 Å². The molecule has 1 aromatic carbocycles. The van der Waals surface area contributed by atoms with Gasteiger partial charge in [-0.2, -0.15) is 5.10 Å². The highest BCUT2D eigenvalue weighted by molar-refractivity contribution is 9.10. The normalized spacial score (nSPS) is 10.5. The number of nitrogens with zero attached hydrogens (tertiary/aromatic N) is 1. The van der Waals surface area contributed by atoms with Gasteiger partial charge in [-0.3, -0.25) is 9.59 Å². The van der Waals surface area contributed by atoms with Gasteiger partial charge in [-0.25, -0.2) is 5.43 Å². The van der Waals surface area contributed by atoms with Gasteiger partial charge >= 0.3 is 0 Å². The SMILES string of the molecule is O=C(CNC(=O)c1cccs1)NN=Cc1cccc(Br)c1. The summed E-state index contributed by atoms with van der Waals surface area (Å²) in [5.41, 5.74) is 3.21. The molecule has 1 aromatic heterocycles. The highest BCUT2D eigenvalue weighted by Gasteiger charge is 2.07. The second-order valence-corrected chi connectivity index (χ2v) is 5.87. The quantitative estimate of drug-likeness (QED) is 0.630. The molecule has 0 bridgehead atoms. The van der Waals surface area contributed by atoms with E-state index >= 15 is 0 Å². The van der Waals surface area contributed by atoms with Crippen LogP contribution in [-0.4, -0.2) is 24.6 Å². The largest absolute Gasteiger partial charge is 0.342 e. The smallest absolute Gasteiger partial charge is 0.261 e. The number of benzene rings is 1. The van der Waals surface area contributed by atoms with E-state index in [1.165, 1.54) is 17.6 Å². The fourth-order valence-electron chi connectivity index (χ4n) is 1.46. The molecule has 0 saturated heterocycles. The first-order valence-corrected chi connectivity index (χ1v) is 7.71. The van der Waals surface area contributed by atoms with Crippen LogP contribution < -0.4 is 10.7 Å².